The smallest absolute Gasteiger partial charge is 0.247 e. The van der Waals surface area contributed by atoms with Crippen LogP contribution in [0.4, 0.5) is 0 Å². The minimum atomic E-state index is -1.22. The molecule has 0 saturated heterocycles. The highest BCUT2D eigenvalue weighted by Crippen LogP contribution is 2.02. The van der Waals surface area contributed by atoms with Gasteiger partial charge in [-0.1, -0.05) is 13.8 Å². The highest BCUT2D eigenvalue weighted by Gasteiger charge is 2.22. The topological polar surface area (TPSA) is 89.3 Å². The highest BCUT2D eigenvalue weighted by atomic mass is 16.3. The van der Waals surface area contributed by atoms with Gasteiger partial charge >= 0.3 is 0 Å². The number of hydrogen-bond donors (Lipinski definition) is 3. The summed E-state index contributed by atoms with van der Waals surface area (Å²) in [7, 11) is 0. The van der Waals surface area contributed by atoms with Gasteiger partial charge in [0.05, 0.1) is 0 Å². The van der Waals surface area contributed by atoms with E-state index >= 15 is 0 Å². The molecule has 0 spiro atoms. The molecule has 0 unspecified atom stereocenters. The maximum absolute atomic E-state index is 10.3. The summed E-state index contributed by atoms with van der Waals surface area (Å²) < 4.78 is 0. The van der Waals surface area contributed by atoms with Crippen molar-refractivity contribution in [2.75, 3.05) is 0 Å². The molecule has 0 rings (SSSR count). The van der Waals surface area contributed by atoms with Gasteiger partial charge in [-0.15, -0.1) is 0 Å². The summed E-state index contributed by atoms with van der Waals surface area (Å²) in [6.07, 6.45) is -1.22. The van der Waals surface area contributed by atoms with Gasteiger partial charge in [-0.05, 0) is 5.92 Å². The van der Waals surface area contributed by atoms with E-state index < -0.39 is 18.1 Å². The predicted octanol–water partition coefficient (Wildman–Crippen LogP) is -1.18. The Morgan fingerprint density at radius 1 is 1.50 bits per heavy atom. The number of nitrogens with two attached hydrogens (primary N) is 2. The number of rotatable bonds is 3. The van der Waals surface area contributed by atoms with E-state index in [2.05, 4.69) is 0 Å². The minimum Gasteiger partial charge on any atom is -0.382 e. The second kappa shape index (κ2) is 3.53. The third-order valence-corrected chi connectivity index (χ3v) is 1.43. The third kappa shape index (κ3) is 2.33. The van der Waals surface area contributed by atoms with Crippen LogP contribution in [-0.4, -0.2) is 23.2 Å². The lowest BCUT2D eigenvalue weighted by Crippen LogP contribution is -2.46. The molecule has 0 radical (unpaired) electrons. The Morgan fingerprint density at radius 3 is 2.00 bits per heavy atom. The summed E-state index contributed by atoms with van der Waals surface area (Å²) in [5.41, 5.74) is 10.2. The highest BCUT2D eigenvalue weighted by molar-refractivity contribution is 5.79. The number of hydrogen-bond acceptors (Lipinski definition) is 3. The molecule has 1 amide bonds. The van der Waals surface area contributed by atoms with Gasteiger partial charge in [-0.25, -0.2) is 0 Å². The second-order valence-electron chi connectivity index (χ2n) is 2.67. The van der Waals surface area contributed by atoms with Crippen molar-refractivity contribution in [1.82, 2.24) is 0 Å². The molecule has 0 saturated carbocycles. The van der Waals surface area contributed by atoms with E-state index in [1.807, 2.05) is 13.8 Å². The lowest BCUT2D eigenvalue weighted by molar-refractivity contribution is -0.127. The molecular formula is C6H14N2O2. The Morgan fingerprint density at radius 2 is 1.90 bits per heavy atom. The van der Waals surface area contributed by atoms with Crippen LogP contribution in [0.3, 0.4) is 0 Å². The van der Waals surface area contributed by atoms with Crippen LogP contribution in [0.5, 0.6) is 0 Å². The molecule has 0 aromatic rings. The van der Waals surface area contributed by atoms with Crippen LogP contribution in [0.2, 0.25) is 0 Å². The van der Waals surface area contributed by atoms with Crippen molar-refractivity contribution in [3.05, 3.63) is 0 Å². The number of aliphatic hydroxyl groups is 1. The third-order valence-electron chi connectivity index (χ3n) is 1.43. The van der Waals surface area contributed by atoms with Crippen LogP contribution >= 0.6 is 0 Å². The quantitative estimate of drug-likeness (QED) is 0.468. The first-order valence-corrected chi connectivity index (χ1v) is 3.19. The van der Waals surface area contributed by atoms with E-state index in [0.717, 1.165) is 0 Å². The summed E-state index contributed by atoms with van der Waals surface area (Å²) >= 11 is 0. The first-order chi connectivity index (χ1) is 4.46. The van der Waals surface area contributed by atoms with Crippen LogP contribution in [0.25, 0.3) is 0 Å². The number of aliphatic hydroxyl groups excluding tert-OH is 1. The molecule has 5 N–H and O–H groups in total. The fourth-order valence-corrected chi connectivity index (χ4v) is 0.554. The largest absolute Gasteiger partial charge is 0.382 e. The molecule has 0 aliphatic rings. The van der Waals surface area contributed by atoms with Crippen molar-refractivity contribution >= 4 is 5.91 Å². The van der Waals surface area contributed by atoms with E-state index in [1.165, 1.54) is 0 Å². The molecule has 0 aromatic carbocycles. The van der Waals surface area contributed by atoms with Crippen LogP contribution in [0.15, 0.2) is 0 Å². The normalized spacial score (nSPS) is 16.9. The Bertz CT molecular complexity index is 125. The van der Waals surface area contributed by atoms with Gasteiger partial charge in [0.25, 0.3) is 0 Å². The average Bonchev–Trinajstić information content (AvgIpc) is 1.84. The Kier molecular flexibility index (Phi) is 3.32. The van der Waals surface area contributed by atoms with Crippen LogP contribution < -0.4 is 11.5 Å². The fourth-order valence-electron chi connectivity index (χ4n) is 0.554. The van der Waals surface area contributed by atoms with Crippen molar-refractivity contribution in [1.29, 1.82) is 0 Å². The Balaban J connectivity index is 3.94. The van der Waals surface area contributed by atoms with Gasteiger partial charge in [0.1, 0.15) is 6.10 Å². The van der Waals surface area contributed by atoms with Crippen molar-refractivity contribution in [3.63, 3.8) is 0 Å². The summed E-state index contributed by atoms with van der Waals surface area (Å²) in [5.74, 6) is -0.705. The van der Waals surface area contributed by atoms with Crippen molar-refractivity contribution in [2.45, 2.75) is 26.0 Å². The summed E-state index contributed by atoms with van der Waals surface area (Å²) in [6, 6.07) is -0.558. The van der Waals surface area contributed by atoms with Crippen LogP contribution in [0, 0.1) is 5.92 Å². The molecule has 10 heavy (non-hydrogen) atoms. The van der Waals surface area contributed by atoms with E-state index in [-0.39, 0.29) is 5.92 Å². The molecule has 4 heteroatoms. The molecule has 4 nitrogen and oxygen atoms in total. The van der Waals surface area contributed by atoms with Gasteiger partial charge in [-0.2, -0.15) is 0 Å². The van der Waals surface area contributed by atoms with Gasteiger partial charge < -0.3 is 16.6 Å². The molecule has 0 heterocycles. The van der Waals surface area contributed by atoms with E-state index in [9.17, 15) is 4.79 Å². The maximum atomic E-state index is 10.3. The van der Waals surface area contributed by atoms with Gasteiger partial charge in [0.15, 0.2) is 0 Å². The number of primary amides is 1. The SMILES string of the molecule is CC(C)[C@H](N)[C@@H](O)C(N)=O. The number of carbonyl (C=O) groups excluding carboxylic acids is 1. The predicted molar refractivity (Wildman–Crippen MR) is 38.0 cm³/mol. The minimum absolute atomic E-state index is 0.0579. The summed E-state index contributed by atoms with van der Waals surface area (Å²) in [5, 5.41) is 8.97. The lowest BCUT2D eigenvalue weighted by atomic mass is 9.99. The van der Waals surface area contributed by atoms with E-state index in [1.54, 1.807) is 0 Å². The molecule has 0 bridgehead atoms. The average molecular weight is 146 g/mol. The van der Waals surface area contributed by atoms with Crippen LogP contribution in [-0.2, 0) is 4.79 Å². The Hall–Kier alpha value is -0.610. The molecular weight excluding hydrogens is 132 g/mol. The monoisotopic (exact) mass is 146 g/mol. The fraction of sp³-hybridized carbons (Fsp3) is 0.833. The first kappa shape index (κ1) is 9.39. The molecule has 60 valence electrons. The Labute approximate surface area is 60.2 Å². The van der Waals surface area contributed by atoms with Crippen molar-refractivity contribution in [2.24, 2.45) is 17.4 Å². The lowest BCUT2D eigenvalue weighted by Gasteiger charge is -2.18. The zero-order valence-corrected chi connectivity index (χ0v) is 6.24. The van der Waals surface area contributed by atoms with Crippen molar-refractivity contribution < 1.29 is 9.90 Å². The van der Waals surface area contributed by atoms with Crippen molar-refractivity contribution in [3.8, 4) is 0 Å². The summed E-state index contributed by atoms with van der Waals surface area (Å²) in [6.45, 7) is 3.63. The first-order valence-electron chi connectivity index (χ1n) is 3.19. The van der Waals surface area contributed by atoms with E-state index in [0.29, 0.717) is 0 Å². The number of amides is 1. The standard InChI is InChI=1S/C6H14N2O2/c1-3(2)4(7)5(9)6(8)10/h3-5,9H,7H2,1-2H3,(H2,8,10)/t4-,5+/m0/s1. The molecule has 0 fully saturated rings. The van der Waals surface area contributed by atoms with Gasteiger partial charge in [0, 0.05) is 6.04 Å². The number of carbonyl (C=O) groups is 1. The van der Waals surface area contributed by atoms with Crippen LogP contribution in [0.1, 0.15) is 13.8 Å². The molecule has 2 atom stereocenters. The maximum Gasteiger partial charge on any atom is 0.247 e. The molecule has 0 aromatic heterocycles. The zero-order chi connectivity index (χ0) is 8.31. The molecule has 0 aliphatic heterocycles. The van der Waals surface area contributed by atoms with Gasteiger partial charge in [0.2, 0.25) is 5.91 Å². The molecule has 0 aliphatic carbocycles. The second-order valence-corrected chi connectivity index (χ2v) is 2.67. The summed E-state index contributed by atoms with van der Waals surface area (Å²) in [4.78, 5) is 10.3. The van der Waals surface area contributed by atoms with Gasteiger partial charge in [-0.3, -0.25) is 4.79 Å². The zero-order valence-electron chi connectivity index (χ0n) is 6.24. The van der Waals surface area contributed by atoms with E-state index in [4.69, 9.17) is 16.6 Å².